The lowest BCUT2D eigenvalue weighted by atomic mass is 9.96. The lowest BCUT2D eigenvalue weighted by Gasteiger charge is -2.06. The molecule has 0 unspecified atom stereocenters. The van der Waals surface area contributed by atoms with Crippen LogP contribution in [0.5, 0.6) is 5.75 Å². The highest BCUT2D eigenvalue weighted by Gasteiger charge is 1.94. The summed E-state index contributed by atoms with van der Waals surface area (Å²) in [5.41, 5.74) is 1.88. The van der Waals surface area contributed by atoms with Crippen LogP contribution in [0.15, 0.2) is 54.6 Å². The molecule has 0 bridgehead atoms. The second kappa shape index (κ2) is 4.69. The predicted octanol–water partition coefficient (Wildman–Crippen LogP) is 2.06. The zero-order chi connectivity index (χ0) is 10.5. The van der Waals surface area contributed by atoms with Gasteiger partial charge in [0.2, 0.25) is 0 Å². The maximum Gasteiger partial charge on any atom is 0.119 e. The fourth-order valence-electron chi connectivity index (χ4n) is 1.35. The molecule has 2 radical (unpaired) electrons. The van der Waals surface area contributed by atoms with E-state index in [-0.39, 0.29) is 0 Å². The molecule has 2 aromatic carbocycles. The molecule has 15 heavy (non-hydrogen) atoms. The van der Waals surface area contributed by atoms with Gasteiger partial charge in [0.25, 0.3) is 0 Å². The maximum atomic E-state index is 5.65. The van der Waals surface area contributed by atoms with Crippen LogP contribution in [0, 0.1) is 0 Å². The number of benzene rings is 2. The van der Waals surface area contributed by atoms with Crippen LogP contribution in [-0.2, 0) is 6.61 Å². The summed E-state index contributed by atoms with van der Waals surface area (Å²) in [7, 11) is 5.65. The third-order valence-electron chi connectivity index (χ3n) is 2.11. The van der Waals surface area contributed by atoms with E-state index in [0.717, 1.165) is 16.8 Å². The average molecular weight is 194 g/mol. The van der Waals surface area contributed by atoms with Gasteiger partial charge >= 0.3 is 0 Å². The van der Waals surface area contributed by atoms with Crippen LogP contribution in [0.1, 0.15) is 5.56 Å². The molecule has 0 N–H and O–H groups in total. The van der Waals surface area contributed by atoms with Crippen LogP contribution in [0.2, 0.25) is 0 Å². The van der Waals surface area contributed by atoms with Gasteiger partial charge in [0, 0.05) is 0 Å². The van der Waals surface area contributed by atoms with Gasteiger partial charge < -0.3 is 4.74 Å². The molecule has 0 aliphatic carbocycles. The molecule has 2 rings (SSSR count). The summed E-state index contributed by atoms with van der Waals surface area (Å²) < 4.78 is 5.59. The largest absolute Gasteiger partial charge is 0.489 e. The van der Waals surface area contributed by atoms with E-state index in [2.05, 4.69) is 0 Å². The number of ether oxygens (including phenoxy) is 1. The Bertz CT molecular complexity index is 426. The van der Waals surface area contributed by atoms with Crippen molar-refractivity contribution in [2.24, 2.45) is 0 Å². The molecule has 0 atom stereocenters. The molecule has 0 heterocycles. The van der Waals surface area contributed by atoms with Crippen LogP contribution in [0.3, 0.4) is 0 Å². The van der Waals surface area contributed by atoms with Crippen LogP contribution >= 0.6 is 0 Å². The first kappa shape index (κ1) is 9.84. The van der Waals surface area contributed by atoms with Crippen molar-refractivity contribution in [1.29, 1.82) is 0 Å². The number of hydrogen-bond acceptors (Lipinski definition) is 1. The number of rotatable bonds is 3. The molecule has 0 aliphatic heterocycles. The molecule has 72 valence electrons. The summed E-state index contributed by atoms with van der Waals surface area (Å²) in [6.07, 6.45) is 0. The minimum absolute atomic E-state index is 0.574. The maximum absolute atomic E-state index is 5.65. The summed E-state index contributed by atoms with van der Waals surface area (Å²) in [6.45, 7) is 0.574. The average Bonchev–Trinajstić information content (AvgIpc) is 2.28. The van der Waals surface area contributed by atoms with Crippen molar-refractivity contribution in [3.8, 4) is 5.75 Å². The molecule has 0 spiro atoms. The molecular weight excluding hydrogens is 183 g/mol. The van der Waals surface area contributed by atoms with Gasteiger partial charge in [0.15, 0.2) is 0 Å². The standard InChI is InChI=1S/C13H11BO/c14-12-7-4-8-13(9-12)15-10-11-5-2-1-3-6-11/h1-9H,10H2. The lowest BCUT2D eigenvalue weighted by Crippen LogP contribution is -2.02. The third-order valence-corrected chi connectivity index (χ3v) is 2.11. The first-order valence-corrected chi connectivity index (χ1v) is 4.87. The quantitative estimate of drug-likeness (QED) is 0.679. The van der Waals surface area contributed by atoms with Gasteiger partial charge in [0.1, 0.15) is 20.2 Å². The minimum atomic E-state index is 0.574. The van der Waals surface area contributed by atoms with Crippen molar-refractivity contribution in [2.75, 3.05) is 0 Å². The summed E-state index contributed by atoms with van der Waals surface area (Å²) in [6, 6.07) is 17.5. The zero-order valence-electron chi connectivity index (χ0n) is 8.39. The fraction of sp³-hybridized carbons (Fsp3) is 0.0769. The highest BCUT2D eigenvalue weighted by atomic mass is 16.5. The zero-order valence-corrected chi connectivity index (χ0v) is 8.39. The Morgan fingerprint density at radius 2 is 1.73 bits per heavy atom. The molecule has 0 aromatic heterocycles. The monoisotopic (exact) mass is 194 g/mol. The lowest BCUT2D eigenvalue weighted by molar-refractivity contribution is 0.306. The second-order valence-electron chi connectivity index (χ2n) is 3.35. The molecule has 0 fully saturated rings. The van der Waals surface area contributed by atoms with Crippen LogP contribution in [-0.4, -0.2) is 7.85 Å². The Hall–Kier alpha value is -1.70. The first-order chi connectivity index (χ1) is 7.34. The summed E-state index contributed by atoms with van der Waals surface area (Å²) in [5.74, 6) is 0.804. The highest BCUT2D eigenvalue weighted by Crippen LogP contribution is 2.09. The van der Waals surface area contributed by atoms with Gasteiger partial charge in [-0.1, -0.05) is 47.9 Å². The van der Waals surface area contributed by atoms with E-state index in [1.807, 2.05) is 54.6 Å². The van der Waals surface area contributed by atoms with E-state index in [4.69, 9.17) is 12.6 Å². The van der Waals surface area contributed by atoms with E-state index in [0.29, 0.717) is 6.61 Å². The Labute approximate surface area is 91.1 Å². The van der Waals surface area contributed by atoms with Gasteiger partial charge in [0.05, 0.1) is 0 Å². The summed E-state index contributed by atoms with van der Waals surface area (Å²) in [4.78, 5) is 0. The minimum Gasteiger partial charge on any atom is -0.489 e. The Balaban J connectivity index is 1.99. The van der Waals surface area contributed by atoms with Crippen molar-refractivity contribution >= 4 is 13.3 Å². The first-order valence-electron chi connectivity index (χ1n) is 4.87. The van der Waals surface area contributed by atoms with Gasteiger partial charge in [-0.2, -0.15) is 0 Å². The van der Waals surface area contributed by atoms with Crippen LogP contribution in [0.4, 0.5) is 0 Å². The van der Waals surface area contributed by atoms with E-state index < -0.39 is 0 Å². The SMILES string of the molecule is [B]c1cccc(OCc2ccccc2)c1. The fourth-order valence-corrected chi connectivity index (χ4v) is 1.35. The van der Waals surface area contributed by atoms with Crippen molar-refractivity contribution in [3.63, 3.8) is 0 Å². The molecule has 2 aromatic rings. The third kappa shape index (κ3) is 2.88. The number of hydrogen-bond donors (Lipinski definition) is 0. The molecule has 0 saturated carbocycles. The van der Waals surface area contributed by atoms with Gasteiger partial charge in [-0.3, -0.25) is 0 Å². The summed E-state index contributed by atoms with van der Waals surface area (Å²) in [5, 5.41) is 0. The predicted molar refractivity (Wildman–Crippen MR) is 62.6 cm³/mol. The van der Waals surface area contributed by atoms with E-state index in [1.54, 1.807) is 0 Å². The van der Waals surface area contributed by atoms with Crippen LogP contribution in [0.25, 0.3) is 0 Å². The molecule has 0 amide bonds. The molecule has 1 nitrogen and oxygen atoms in total. The van der Waals surface area contributed by atoms with Gasteiger partial charge in [-0.25, -0.2) is 0 Å². The van der Waals surface area contributed by atoms with Crippen LogP contribution < -0.4 is 10.2 Å². The van der Waals surface area contributed by atoms with Gasteiger partial charge in [-0.05, 0) is 17.7 Å². The van der Waals surface area contributed by atoms with Crippen molar-refractivity contribution < 1.29 is 4.74 Å². The molecule has 0 aliphatic rings. The van der Waals surface area contributed by atoms with Crippen molar-refractivity contribution in [3.05, 3.63) is 60.2 Å². The normalized spacial score (nSPS) is 9.87. The van der Waals surface area contributed by atoms with E-state index in [1.165, 1.54) is 0 Å². The Kier molecular flexibility index (Phi) is 3.08. The Morgan fingerprint density at radius 1 is 0.933 bits per heavy atom. The van der Waals surface area contributed by atoms with Gasteiger partial charge in [-0.15, -0.1) is 0 Å². The highest BCUT2D eigenvalue weighted by molar-refractivity contribution is 6.32. The molecular formula is C13H11BO. The molecule has 2 heteroatoms. The van der Waals surface area contributed by atoms with E-state index >= 15 is 0 Å². The summed E-state index contributed by atoms with van der Waals surface area (Å²) >= 11 is 0. The molecule has 0 saturated heterocycles. The van der Waals surface area contributed by atoms with Crippen molar-refractivity contribution in [1.82, 2.24) is 0 Å². The smallest absolute Gasteiger partial charge is 0.119 e. The van der Waals surface area contributed by atoms with E-state index in [9.17, 15) is 0 Å². The Morgan fingerprint density at radius 3 is 2.47 bits per heavy atom. The topological polar surface area (TPSA) is 9.23 Å². The second-order valence-corrected chi connectivity index (χ2v) is 3.35. The van der Waals surface area contributed by atoms with Crippen molar-refractivity contribution in [2.45, 2.75) is 6.61 Å².